The van der Waals surface area contributed by atoms with Crippen molar-refractivity contribution in [2.45, 2.75) is 69.6 Å². The van der Waals surface area contributed by atoms with Gasteiger partial charge in [0, 0.05) is 45.4 Å². The van der Waals surface area contributed by atoms with Crippen LogP contribution in [0.3, 0.4) is 0 Å². The predicted molar refractivity (Wildman–Crippen MR) is 216 cm³/mol. The number of fused-ring (bicyclic) bond motifs is 6. The Morgan fingerprint density at radius 2 is 1.08 bits per heavy atom. The second-order valence-electron chi connectivity index (χ2n) is 17.0. The molecule has 0 amide bonds. The molecular weight excluding hydrogens is 629 g/mol. The molecule has 3 nitrogen and oxygen atoms in total. The summed E-state index contributed by atoms with van der Waals surface area (Å²) in [4.78, 5) is 5.36. The molecule has 0 atom stereocenters. The van der Waals surface area contributed by atoms with Crippen LogP contribution < -0.4 is 26.3 Å². The number of hydrogen-bond acceptors (Lipinski definition) is 2. The molecule has 0 unspecified atom stereocenters. The zero-order chi connectivity index (χ0) is 34.0. The normalized spacial score (nSPS) is 24.7. The first-order chi connectivity index (χ1) is 25.7. The Morgan fingerprint density at radius 1 is 0.538 bits per heavy atom. The SMILES string of the molecule is c1ccc(N2c3ccccc3B3c4c2cc(C25CC6CC(CC(C6)C2)C5)cc4N(c2ccccc2)c2c4c(n(-c5ccccc5)c23)CCCC4)cc1. The molecule has 4 heteroatoms. The zero-order valence-corrected chi connectivity index (χ0v) is 29.8. The number of rotatable bonds is 4. The van der Waals surface area contributed by atoms with Gasteiger partial charge in [0.05, 0.1) is 5.69 Å². The summed E-state index contributed by atoms with van der Waals surface area (Å²) in [6.45, 7) is 0.118. The third kappa shape index (κ3) is 4.10. The summed E-state index contributed by atoms with van der Waals surface area (Å²) in [6.07, 6.45) is 13.2. The fourth-order valence-corrected chi connectivity index (χ4v) is 12.6. The van der Waals surface area contributed by atoms with Gasteiger partial charge >= 0.3 is 0 Å². The lowest BCUT2D eigenvalue weighted by Crippen LogP contribution is -2.63. The maximum absolute atomic E-state index is 2.73. The van der Waals surface area contributed by atoms with Gasteiger partial charge in [0.1, 0.15) is 0 Å². The van der Waals surface area contributed by atoms with Gasteiger partial charge in [-0.3, -0.25) is 0 Å². The van der Waals surface area contributed by atoms with Gasteiger partial charge < -0.3 is 14.4 Å². The smallest absolute Gasteiger partial charge is 0.273 e. The minimum atomic E-state index is 0.118. The standard InChI is InChI=1S/C48H44BN3/c1-4-14-36(15-5-1)50-42-23-13-11-21-40(42)49-45-43(50)27-35(48-29-32-24-33(30-48)26-34(25-32)31-48)28-44(45)51(37-16-6-2-7-17-37)46-39-20-10-12-22-41(39)52(47(46)49)38-18-8-3-9-19-38/h1-9,11,13-19,21,23,27-28,32-34H,10,12,20,22,24-26,29-31H2. The van der Waals surface area contributed by atoms with E-state index < -0.39 is 0 Å². The molecule has 7 aliphatic rings. The zero-order valence-electron chi connectivity index (χ0n) is 29.8. The average molecular weight is 674 g/mol. The summed E-state index contributed by atoms with van der Waals surface area (Å²) in [6, 6.07) is 48.6. The Kier molecular flexibility index (Phi) is 6.28. The molecule has 5 aromatic carbocycles. The first-order valence-corrected chi connectivity index (χ1v) is 20.0. The highest BCUT2D eigenvalue weighted by Gasteiger charge is 2.54. The Labute approximate surface area is 308 Å². The Bertz CT molecular complexity index is 2330. The van der Waals surface area contributed by atoms with Crippen molar-refractivity contribution in [3.8, 4) is 5.69 Å². The van der Waals surface area contributed by atoms with E-state index in [1.54, 1.807) is 11.1 Å². The van der Waals surface area contributed by atoms with Crippen LogP contribution in [0.1, 0.15) is 68.2 Å². The van der Waals surface area contributed by atoms with Crippen LogP contribution in [-0.4, -0.2) is 11.3 Å². The van der Waals surface area contributed by atoms with Gasteiger partial charge in [0.15, 0.2) is 0 Å². The van der Waals surface area contributed by atoms with Crippen molar-refractivity contribution >= 4 is 57.4 Å². The molecule has 4 fully saturated rings. The summed E-state index contributed by atoms with van der Waals surface area (Å²) in [5, 5.41) is 0. The molecule has 3 heterocycles. The summed E-state index contributed by atoms with van der Waals surface area (Å²) < 4.78 is 2.71. The van der Waals surface area contributed by atoms with Crippen LogP contribution in [-0.2, 0) is 18.3 Å². The van der Waals surface area contributed by atoms with Crippen molar-refractivity contribution in [3.05, 3.63) is 144 Å². The van der Waals surface area contributed by atoms with Gasteiger partial charge in [-0.15, -0.1) is 0 Å². The molecule has 5 aliphatic carbocycles. The van der Waals surface area contributed by atoms with E-state index in [9.17, 15) is 0 Å². The number of anilines is 6. The monoisotopic (exact) mass is 673 g/mol. The minimum Gasteiger partial charge on any atom is -0.323 e. The highest BCUT2D eigenvalue weighted by molar-refractivity contribution is 7.00. The first-order valence-electron chi connectivity index (χ1n) is 20.0. The van der Waals surface area contributed by atoms with Crippen LogP contribution in [0, 0.1) is 17.8 Å². The summed E-state index contributed by atoms with van der Waals surface area (Å²) in [5.41, 5.74) is 18.6. The number of hydrogen-bond donors (Lipinski definition) is 0. The molecule has 1 aromatic heterocycles. The predicted octanol–water partition coefficient (Wildman–Crippen LogP) is 9.91. The van der Waals surface area contributed by atoms with Crippen molar-refractivity contribution < 1.29 is 0 Å². The lowest BCUT2D eigenvalue weighted by Gasteiger charge is -2.57. The highest BCUT2D eigenvalue weighted by atomic mass is 15.2. The Morgan fingerprint density at radius 3 is 1.73 bits per heavy atom. The van der Waals surface area contributed by atoms with Crippen molar-refractivity contribution in [1.29, 1.82) is 0 Å². The van der Waals surface area contributed by atoms with E-state index in [1.165, 1.54) is 113 Å². The molecule has 13 rings (SSSR count). The molecule has 4 saturated carbocycles. The number of benzene rings is 5. The lowest BCUT2D eigenvalue weighted by atomic mass is 9.34. The number of para-hydroxylation sites is 4. The highest BCUT2D eigenvalue weighted by Crippen LogP contribution is 2.62. The van der Waals surface area contributed by atoms with Crippen molar-refractivity contribution in [2.24, 2.45) is 17.8 Å². The Balaban J connectivity index is 1.22. The molecule has 6 aromatic rings. The maximum atomic E-state index is 2.73. The van der Waals surface area contributed by atoms with Gasteiger partial charge in [-0.05, 0) is 164 Å². The summed E-state index contributed by atoms with van der Waals surface area (Å²) in [5.74, 6) is 2.67. The third-order valence-corrected chi connectivity index (χ3v) is 14.1. The van der Waals surface area contributed by atoms with Crippen molar-refractivity contribution in [2.75, 3.05) is 9.80 Å². The number of nitrogens with zero attached hydrogens (tertiary/aromatic N) is 3. The molecule has 0 spiro atoms. The van der Waals surface area contributed by atoms with Crippen LogP contribution >= 0.6 is 0 Å². The van der Waals surface area contributed by atoms with Gasteiger partial charge in [-0.2, -0.15) is 0 Å². The van der Waals surface area contributed by atoms with E-state index in [1.807, 2.05) is 0 Å². The van der Waals surface area contributed by atoms with E-state index in [0.717, 1.165) is 30.6 Å². The number of aromatic nitrogens is 1. The first kappa shape index (κ1) is 29.6. The Hall–Kier alpha value is -4.96. The topological polar surface area (TPSA) is 11.4 Å². The van der Waals surface area contributed by atoms with Gasteiger partial charge in [-0.25, -0.2) is 0 Å². The van der Waals surface area contributed by atoms with Gasteiger partial charge in [0.25, 0.3) is 6.71 Å². The fraction of sp³-hybridized carbons (Fsp3) is 0.292. The lowest BCUT2D eigenvalue weighted by molar-refractivity contribution is -0.00514. The van der Waals surface area contributed by atoms with E-state index in [2.05, 4.69) is 142 Å². The van der Waals surface area contributed by atoms with Crippen LogP contribution in [0.25, 0.3) is 5.69 Å². The molecule has 4 bridgehead atoms. The third-order valence-electron chi connectivity index (χ3n) is 14.1. The van der Waals surface area contributed by atoms with Crippen LogP contribution in [0.2, 0.25) is 0 Å². The molecule has 52 heavy (non-hydrogen) atoms. The fourth-order valence-electron chi connectivity index (χ4n) is 12.6. The minimum absolute atomic E-state index is 0.118. The molecule has 0 radical (unpaired) electrons. The largest absolute Gasteiger partial charge is 0.323 e. The summed E-state index contributed by atoms with van der Waals surface area (Å²) in [7, 11) is 0. The molecule has 0 N–H and O–H groups in total. The molecule has 254 valence electrons. The van der Waals surface area contributed by atoms with Crippen molar-refractivity contribution in [3.63, 3.8) is 0 Å². The van der Waals surface area contributed by atoms with E-state index in [4.69, 9.17) is 0 Å². The quantitative estimate of drug-likeness (QED) is 0.172. The van der Waals surface area contributed by atoms with E-state index in [0.29, 0.717) is 0 Å². The van der Waals surface area contributed by atoms with E-state index in [-0.39, 0.29) is 12.1 Å². The van der Waals surface area contributed by atoms with E-state index >= 15 is 0 Å². The molecular formula is C48H44BN3. The summed E-state index contributed by atoms with van der Waals surface area (Å²) >= 11 is 0. The van der Waals surface area contributed by atoms with Crippen molar-refractivity contribution in [1.82, 2.24) is 4.57 Å². The van der Waals surface area contributed by atoms with Crippen LogP contribution in [0.5, 0.6) is 0 Å². The maximum Gasteiger partial charge on any atom is 0.273 e. The average Bonchev–Trinajstić information content (AvgIpc) is 3.53. The second-order valence-corrected chi connectivity index (χ2v) is 17.0. The molecule has 2 aliphatic heterocycles. The second kappa shape index (κ2) is 11.0. The molecule has 0 saturated heterocycles. The van der Waals surface area contributed by atoms with Crippen LogP contribution in [0.15, 0.2) is 127 Å². The van der Waals surface area contributed by atoms with Crippen LogP contribution in [0.4, 0.5) is 34.1 Å². The van der Waals surface area contributed by atoms with Gasteiger partial charge in [-0.1, -0.05) is 72.8 Å². The van der Waals surface area contributed by atoms with Gasteiger partial charge in [0.2, 0.25) is 0 Å².